The van der Waals surface area contributed by atoms with E-state index in [0.717, 1.165) is 0 Å². The van der Waals surface area contributed by atoms with Crippen molar-refractivity contribution in [2.24, 2.45) is 5.73 Å². The quantitative estimate of drug-likeness (QED) is 0.615. The Morgan fingerprint density at radius 3 is 3.20 bits per heavy atom. The van der Waals surface area contributed by atoms with E-state index in [1.807, 2.05) is 0 Å². The summed E-state index contributed by atoms with van der Waals surface area (Å²) in [5.74, 6) is 5.29. The van der Waals surface area contributed by atoms with Crippen LogP contribution >= 0.6 is 11.3 Å². The summed E-state index contributed by atoms with van der Waals surface area (Å²) >= 11 is 1.33. The molecule has 0 bridgehead atoms. The Balaban J connectivity index is 2.65. The Kier molecular flexibility index (Phi) is 4.81. The van der Waals surface area contributed by atoms with Gasteiger partial charge in [0.1, 0.15) is 0 Å². The molecule has 1 aromatic rings. The maximum atomic E-state index is 11.2. The molecule has 1 aromatic heterocycles. The number of nitrogens with zero attached hydrogens (tertiary/aromatic N) is 1. The van der Waals surface area contributed by atoms with Crippen molar-refractivity contribution < 1.29 is 9.53 Å². The molecule has 0 spiro atoms. The van der Waals surface area contributed by atoms with Gasteiger partial charge in [0, 0.05) is 18.3 Å². The summed E-state index contributed by atoms with van der Waals surface area (Å²) in [5.41, 5.74) is 5.61. The van der Waals surface area contributed by atoms with Crippen LogP contribution in [0, 0.1) is 11.8 Å². The maximum absolute atomic E-state index is 11.2. The van der Waals surface area contributed by atoms with Crippen LogP contribution < -0.4 is 5.73 Å². The van der Waals surface area contributed by atoms with Gasteiger partial charge in [0.15, 0.2) is 10.7 Å². The summed E-state index contributed by atoms with van der Waals surface area (Å²) in [6.07, 6.45) is 0.633. The minimum Gasteiger partial charge on any atom is -0.461 e. The fourth-order valence-corrected chi connectivity index (χ4v) is 1.49. The third-order valence-electron chi connectivity index (χ3n) is 1.45. The van der Waals surface area contributed by atoms with Crippen molar-refractivity contribution in [3.05, 3.63) is 16.1 Å². The van der Waals surface area contributed by atoms with Crippen molar-refractivity contribution in [3.63, 3.8) is 0 Å². The van der Waals surface area contributed by atoms with Gasteiger partial charge in [0.25, 0.3) is 0 Å². The average molecular weight is 224 g/mol. The zero-order chi connectivity index (χ0) is 11.1. The van der Waals surface area contributed by atoms with E-state index in [1.165, 1.54) is 11.3 Å². The lowest BCUT2D eigenvalue weighted by atomic mass is 10.4. The number of carbonyl (C=O) groups excluding carboxylic acids is 1. The predicted octanol–water partition coefficient (Wildman–Crippen LogP) is 1.02. The normalized spacial score (nSPS) is 9.20. The van der Waals surface area contributed by atoms with Gasteiger partial charge >= 0.3 is 5.97 Å². The van der Waals surface area contributed by atoms with Crippen LogP contribution in [0.4, 0.5) is 0 Å². The van der Waals surface area contributed by atoms with Crippen molar-refractivity contribution in [1.82, 2.24) is 4.98 Å². The zero-order valence-corrected chi connectivity index (χ0v) is 9.26. The van der Waals surface area contributed by atoms with Crippen LogP contribution in [0.15, 0.2) is 5.38 Å². The molecule has 0 amide bonds. The van der Waals surface area contributed by atoms with Crippen molar-refractivity contribution in [2.75, 3.05) is 13.2 Å². The van der Waals surface area contributed by atoms with Gasteiger partial charge in [0.05, 0.1) is 6.61 Å². The number of ether oxygens (including phenoxy) is 1. The summed E-state index contributed by atoms with van der Waals surface area (Å²) in [5, 5.41) is 2.26. The highest BCUT2D eigenvalue weighted by Crippen LogP contribution is 2.09. The number of carbonyl (C=O) groups is 1. The Labute approximate surface area is 92.5 Å². The molecule has 0 atom stereocenters. The van der Waals surface area contributed by atoms with Crippen molar-refractivity contribution in [1.29, 1.82) is 0 Å². The van der Waals surface area contributed by atoms with Crippen molar-refractivity contribution >= 4 is 17.3 Å². The van der Waals surface area contributed by atoms with Crippen LogP contribution in [0.25, 0.3) is 0 Å². The first-order valence-corrected chi connectivity index (χ1v) is 5.47. The van der Waals surface area contributed by atoms with Crippen LogP contribution in [-0.2, 0) is 4.74 Å². The molecule has 1 rings (SSSR count). The van der Waals surface area contributed by atoms with E-state index < -0.39 is 5.97 Å². The second-order valence-corrected chi connectivity index (χ2v) is 3.46. The van der Waals surface area contributed by atoms with E-state index in [0.29, 0.717) is 30.3 Å². The first kappa shape index (κ1) is 11.7. The van der Waals surface area contributed by atoms with Gasteiger partial charge in [-0.2, -0.15) is 0 Å². The van der Waals surface area contributed by atoms with E-state index in [-0.39, 0.29) is 0 Å². The van der Waals surface area contributed by atoms with Crippen LogP contribution in [-0.4, -0.2) is 24.1 Å². The summed E-state index contributed by atoms with van der Waals surface area (Å²) in [6, 6.07) is 0. The molecule has 80 valence electrons. The predicted molar refractivity (Wildman–Crippen MR) is 58.6 cm³/mol. The van der Waals surface area contributed by atoms with Gasteiger partial charge in [-0.1, -0.05) is 5.92 Å². The Morgan fingerprint density at radius 2 is 2.53 bits per heavy atom. The van der Waals surface area contributed by atoms with Crippen molar-refractivity contribution in [3.8, 4) is 11.8 Å². The van der Waals surface area contributed by atoms with E-state index in [2.05, 4.69) is 16.8 Å². The molecular weight excluding hydrogens is 212 g/mol. The fourth-order valence-electron chi connectivity index (χ4n) is 0.840. The molecular formula is C10H12N2O2S. The van der Waals surface area contributed by atoms with Gasteiger partial charge in [-0.15, -0.1) is 11.3 Å². The Morgan fingerprint density at radius 1 is 1.73 bits per heavy atom. The van der Waals surface area contributed by atoms with Crippen LogP contribution in [0.1, 0.15) is 28.8 Å². The van der Waals surface area contributed by atoms with Gasteiger partial charge in [-0.3, -0.25) is 0 Å². The lowest BCUT2D eigenvalue weighted by Crippen LogP contribution is -2.04. The van der Waals surface area contributed by atoms with Gasteiger partial charge in [-0.05, 0) is 12.8 Å². The molecule has 15 heavy (non-hydrogen) atoms. The minimum absolute atomic E-state index is 0.318. The molecule has 2 N–H and O–H groups in total. The molecule has 0 aliphatic heterocycles. The molecule has 0 saturated carbocycles. The number of aromatic nitrogens is 1. The summed E-state index contributed by atoms with van der Waals surface area (Å²) < 4.78 is 4.80. The summed E-state index contributed by atoms with van der Waals surface area (Å²) in [6.45, 7) is 2.64. The molecule has 0 fully saturated rings. The summed E-state index contributed by atoms with van der Waals surface area (Å²) in [4.78, 5) is 15.3. The SMILES string of the molecule is CCOC(=O)c1csc(C#CCCN)n1. The topological polar surface area (TPSA) is 65.2 Å². The average Bonchev–Trinajstić information content (AvgIpc) is 2.67. The van der Waals surface area contributed by atoms with E-state index in [4.69, 9.17) is 10.5 Å². The molecule has 0 radical (unpaired) electrons. The highest BCUT2D eigenvalue weighted by atomic mass is 32.1. The number of thiazole rings is 1. The molecule has 4 nitrogen and oxygen atoms in total. The third-order valence-corrected chi connectivity index (χ3v) is 2.21. The number of nitrogens with two attached hydrogens (primary N) is 1. The smallest absolute Gasteiger partial charge is 0.357 e. The van der Waals surface area contributed by atoms with Gasteiger partial charge in [-0.25, -0.2) is 9.78 Å². The van der Waals surface area contributed by atoms with E-state index >= 15 is 0 Å². The lowest BCUT2D eigenvalue weighted by molar-refractivity contribution is 0.0520. The zero-order valence-electron chi connectivity index (χ0n) is 8.45. The molecule has 0 unspecified atom stereocenters. The standard InChI is InChI=1S/C10H12N2O2S/c1-2-14-10(13)8-7-15-9(12-8)5-3-4-6-11/h7H,2,4,6,11H2,1H3. The highest BCUT2D eigenvalue weighted by molar-refractivity contribution is 7.10. The van der Waals surface area contributed by atoms with Gasteiger partial charge < -0.3 is 10.5 Å². The van der Waals surface area contributed by atoms with Crippen LogP contribution in [0.2, 0.25) is 0 Å². The first-order valence-electron chi connectivity index (χ1n) is 4.59. The molecule has 0 aromatic carbocycles. The maximum Gasteiger partial charge on any atom is 0.357 e. The molecule has 0 aliphatic rings. The first-order chi connectivity index (χ1) is 7.27. The second kappa shape index (κ2) is 6.17. The van der Waals surface area contributed by atoms with E-state index in [9.17, 15) is 4.79 Å². The molecule has 0 aliphatic carbocycles. The van der Waals surface area contributed by atoms with Crippen LogP contribution in [0.5, 0.6) is 0 Å². The lowest BCUT2D eigenvalue weighted by Gasteiger charge is -1.95. The molecule has 1 heterocycles. The Bertz CT molecular complexity index is 390. The molecule has 0 saturated heterocycles. The number of hydrogen-bond donors (Lipinski definition) is 1. The molecule has 5 heteroatoms. The van der Waals surface area contributed by atoms with Crippen LogP contribution in [0.3, 0.4) is 0 Å². The van der Waals surface area contributed by atoms with Gasteiger partial charge in [0.2, 0.25) is 0 Å². The number of hydrogen-bond acceptors (Lipinski definition) is 5. The number of rotatable bonds is 3. The Hall–Kier alpha value is -1.38. The minimum atomic E-state index is -0.402. The summed E-state index contributed by atoms with van der Waals surface area (Å²) in [7, 11) is 0. The van der Waals surface area contributed by atoms with Crippen molar-refractivity contribution in [2.45, 2.75) is 13.3 Å². The second-order valence-electron chi connectivity index (χ2n) is 2.60. The fraction of sp³-hybridized carbons (Fsp3) is 0.400. The third kappa shape index (κ3) is 3.70. The number of esters is 1. The van der Waals surface area contributed by atoms with E-state index in [1.54, 1.807) is 12.3 Å². The monoisotopic (exact) mass is 224 g/mol. The largest absolute Gasteiger partial charge is 0.461 e. The highest BCUT2D eigenvalue weighted by Gasteiger charge is 2.09.